The maximum Gasteiger partial charge on any atom is 0.187 e. The molecule has 0 saturated heterocycles. The molecular weight excluding hydrogens is 294 g/mol. The lowest BCUT2D eigenvalue weighted by Crippen LogP contribution is -2.40. The maximum atomic E-state index is 5.20. The first-order valence-corrected chi connectivity index (χ1v) is 7.85. The van der Waals surface area contributed by atoms with Gasteiger partial charge in [-0.25, -0.2) is 0 Å². The standard InChI is InChI=1S/C17H27N3OS/c1-12(11-21-6)18-16(22)20-19-13(2)14-7-9-15(10-8-14)17(3,4)5/h7-10,12H,11H2,1-6H3,(H2,18,20,22)/b19-13-/t12-/m0/s1. The van der Waals surface area contributed by atoms with Crippen molar-refractivity contribution >= 4 is 23.0 Å². The van der Waals surface area contributed by atoms with E-state index in [9.17, 15) is 0 Å². The van der Waals surface area contributed by atoms with Crippen LogP contribution in [-0.4, -0.2) is 30.6 Å². The van der Waals surface area contributed by atoms with Crippen LogP contribution in [0.25, 0.3) is 0 Å². The van der Waals surface area contributed by atoms with E-state index < -0.39 is 0 Å². The highest BCUT2D eigenvalue weighted by Gasteiger charge is 2.13. The lowest BCUT2D eigenvalue weighted by Gasteiger charge is -2.19. The van der Waals surface area contributed by atoms with E-state index in [1.807, 2.05) is 13.8 Å². The van der Waals surface area contributed by atoms with Gasteiger partial charge in [0.25, 0.3) is 0 Å². The third-order valence-corrected chi connectivity index (χ3v) is 3.50. The zero-order chi connectivity index (χ0) is 16.8. The van der Waals surface area contributed by atoms with Crippen LogP contribution in [0.3, 0.4) is 0 Å². The van der Waals surface area contributed by atoms with Crippen LogP contribution in [0.15, 0.2) is 29.4 Å². The summed E-state index contributed by atoms with van der Waals surface area (Å²) in [4.78, 5) is 0. The molecule has 0 aliphatic carbocycles. The van der Waals surface area contributed by atoms with Gasteiger partial charge in [-0.1, -0.05) is 45.0 Å². The van der Waals surface area contributed by atoms with Gasteiger partial charge in [0, 0.05) is 13.2 Å². The number of ether oxygens (including phenoxy) is 1. The monoisotopic (exact) mass is 321 g/mol. The molecular formula is C17H27N3OS. The first-order valence-electron chi connectivity index (χ1n) is 7.44. The molecule has 1 atom stereocenters. The highest BCUT2D eigenvalue weighted by atomic mass is 32.1. The average Bonchev–Trinajstić information content (AvgIpc) is 2.44. The van der Waals surface area contributed by atoms with Crippen LogP contribution in [0.2, 0.25) is 0 Å². The molecule has 0 aromatic heterocycles. The summed E-state index contributed by atoms with van der Waals surface area (Å²) in [6.45, 7) is 11.2. The van der Waals surface area contributed by atoms with Gasteiger partial charge in [0.05, 0.1) is 12.3 Å². The van der Waals surface area contributed by atoms with Gasteiger partial charge in [0.1, 0.15) is 0 Å². The summed E-state index contributed by atoms with van der Waals surface area (Å²) in [5.74, 6) is 0. The zero-order valence-electron chi connectivity index (χ0n) is 14.4. The molecule has 0 radical (unpaired) electrons. The summed E-state index contributed by atoms with van der Waals surface area (Å²) in [5.41, 5.74) is 6.30. The number of methoxy groups -OCH3 is 1. The van der Waals surface area contributed by atoms with Crippen LogP contribution in [0, 0.1) is 0 Å². The number of hydrogen-bond donors (Lipinski definition) is 2. The van der Waals surface area contributed by atoms with Crippen LogP contribution in [-0.2, 0) is 10.2 Å². The van der Waals surface area contributed by atoms with Crippen molar-refractivity contribution in [3.8, 4) is 0 Å². The second-order valence-electron chi connectivity index (χ2n) is 6.47. The van der Waals surface area contributed by atoms with E-state index in [1.54, 1.807) is 7.11 Å². The van der Waals surface area contributed by atoms with Crippen molar-refractivity contribution in [2.24, 2.45) is 5.10 Å². The molecule has 0 bridgehead atoms. The largest absolute Gasteiger partial charge is 0.383 e. The van der Waals surface area contributed by atoms with Gasteiger partial charge in [-0.05, 0) is 42.6 Å². The summed E-state index contributed by atoms with van der Waals surface area (Å²) in [5, 5.41) is 7.92. The van der Waals surface area contributed by atoms with Gasteiger partial charge in [-0.2, -0.15) is 5.10 Å². The fourth-order valence-corrected chi connectivity index (χ4v) is 2.21. The molecule has 0 amide bonds. The third-order valence-electron chi connectivity index (χ3n) is 3.29. The van der Waals surface area contributed by atoms with E-state index in [4.69, 9.17) is 17.0 Å². The Hall–Kier alpha value is -1.46. The van der Waals surface area contributed by atoms with Gasteiger partial charge in [-0.3, -0.25) is 5.43 Å². The Balaban J connectivity index is 2.63. The quantitative estimate of drug-likeness (QED) is 0.497. The number of nitrogens with one attached hydrogen (secondary N) is 2. The smallest absolute Gasteiger partial charge is 0.187 e. The van der Waals surface area contributed by atoms with E-state index in [2.05, 4.69) is 60.9 Å². The molecule has 0 aliphatic rings. The van der Waals surface area contributed by atoms with E-state index >= 15 is 0 Å². The summed E-state index contributed by atoms with van der Waals surface area (Å²) >= 11 is 5.20. The number of benzene rings is 1. The Labute approximate surface area is 139 Å². The number of nitrogens with zero attached hydrogens (tertiary/aromatic N) is 1. The molecule has 0 fully saturated rings. The third kappa shape index (κ3) is 6.12. The number of rotatable bonds is 5. The summed E-state index contributed by atoms with van der Waals surface area (Å²) in [7, 11) is 1.66. The Kier molecular flexibility index (Phi) is 6.97. The van der Waals surface area contributed by atoms with Gasteiger partial charge in [-0.15, -0.1) is 0 Å². The first kappa shape index (κ1) is 18.6. The molecule has 0 unspecified atom stereocenters. The minimum Gasteiger partial charge on any atom is -0.383 e. The second-order valence-corrected chi connectivity index (χ2v) is 6.87. The van der Waals surface area contributed by atoms with Gasteiger partial charge < -0.3 is 10.1 Å². The topological polar surface area (TPSA) is 45.6 Å². The molecule has 0 spiro atoms. The van der Waals surface area contributed by atoms with E-state index in [0.29, 0.717) is 11.7 Å². The van der Waals surface area contributed by atoms with Gasteiger partial charge in [0.2, 0.25) is 0 Å². The van der Waals surface area contributed by atoms with Crippen molar-refractivity contribution < 1.29 is 4.74 Å². The Morgan fingerprint density at radius 3 is 2.36 bits per heavy atom. The van der Waals surface area contributed by atoms with Crippen molar-refractivity contribution in [3.05, 3.63) is 35.4 Å². The summed E-state index contributed by atoms with van der Waals surface area (Å²) in [6.07, 6.45) is 0. The van der Waals surface area contributed by atoms with Crippen molar-refractivity contribution in [1.82, 2.24) is 10.7 Å². The fourth-order valence-electron chi connectivity index (χ4n) is 1.96. The van der Waals surface area contributed by atoms with Crippen LogP contribution >= 0.6 is 12.2 Å². The minimum atomic E-state index is 0.145. The van der Waals surface area contributed by atoms with E-state index in [1.165, 1.54) is 5.56 Å². The van der Waals surface area contributed by atoms with Crippen LogP contribution < -0.4 is 10.7 Å². The number of hydrazone groups is 1. The van der Waals surface area contributed by atoms with E-state index in [-0.39, 0.29) is 11.5 Å². The van der Waals surface area contributed by atoms with Crippen molar-refractivity contribution in [1.29, 1.82) is 0 Å². The SMILES string of the molecule is COC[C@H](C)NC(=S)N/N=C(/C)c1ccc(C(C)(C)C)cc1. The molecule has 1 rings (SSSR count). The second kappa shape index (κ2) is 8.25. The normalized spacial score (nSPS) is 13.6. The number of thiocarbonyl (C=S) groups is 1. The highest BCUT2D eigenvalue weighted by molar-refractivity contribution is 7.80. The van der Waals surface area contributed by atoms with Gasteiger partial charge >= 0.3 is 0 Å². The van der Waals surface area contributed by atoms with Crippen LogP contribution in [0.1, 0.15) is 45.7 Å². The van der Waals surface area contributed by atoms with Crippen LogP contribution in [0.4, 0.5) is 0 Å². The molecule has 1 aromatic carbocycles. The van der Waals surface area contributed by atoms with Crippen molar-refractivity contribution in [2.75, 3.05) is 13.7 Å². The minimum absolute atomic E-state index is 0.145. The molecule has 122 valence electrons. The molecule has 5 heteroatoms. The Bertz CT molecular complexity index is 518. The molecule has 1 aromatic rings. The molecule has 4 nitrogen and oxygen atoms in total. The van der Waals surface area contributed by atoms with Crippen molar-refractivity contribution in [2.45, 2.75) is 46.1 Å². The molecule has 22 heavy (non-hydrogen) atoms. The summed E-state index contributed by atoms with van der Waals surface area (Å²) < 4.78 is 5.05. The first-order chi connectivity index (χ1) is 10.2. The lowest BCUT2D eigenvalue weighted by molar-refractivity contribution is 0.179. The average molecular weight is 321 g/mol. The predicted octanol–water partition coefficient (Wildman–Crippen LogP) is 3.21. The Morgan fingerprint density at radius 1 is 1.27 bits per heavy atom. The molecule has 0 heterocycles. The van der Waals surface area contributed by atoms with Crippen LogP contribution in [0.5, 0.6) is 0 Å². The molecule has 0 saturated carbocycles. The molecule has 2 N–H and O–H groups in total. The fraction of sp³-hybridized carbons (Fsp3) is 0.529. The highest BCUT2D eigenvalue weighted by Crippen LogP contribution is 2.22. The summed E-state index contributed by atoms with van der Waals surface area (Å²) in [6, 6.07) is 8.61. The zero-order valence-corrected chi connectivity index (χ0v) is 15.2. The van der Waals surface area contributed by atoms with E-state index in [0.717, 1.165) is 11.3 Å². The Morgan fingerprint density at radius 2 is 1.86 bits per heavy atom. The van der Waals surface area contributed by atoms with Crippen molar-refractivity contribution in [3.63, 3.8) is 0 Å². The predicted molar refractivity (Wildman–Crippen MR) is 97.6 cm³/mol. The van der Waals surface area contributed by atoms with Gasteiger partial charge in [0.15, 0.2) is 5.11 Å². The maximum absolute atomic E-state index is 5.20. The molecule has 0 aliphatic heterocycles. The lowest BCUT2D eigenvalue weighted by atomic mass is 9.86. The number of hydrogen-bond acceptors (Lipinski definition) is 3.